The minimum Gasteiger partial charge on any atom is -0.378 e. The second-order valence-corrected chi connectivity index (χ2v) is 4.65. The third-order valence-electron chi connectivity index (χ3n) is 3.55. The Hall–Kier alpha value is -1.12. The van der Waals surface area contributed by atoms with Crippen molar-refractivity contribution in [2.75, 3.05) is 20.2 Å². The molecular weight excluding hydrogens is 210 g/mol. The molecule has 1 saturated heterocycles. The van der Waals surface area contributed by atoms with Gasteiger partial charge in [-0.3, -0.25) is 0 Å². The van der Waals surface area contributed by atoms with Gasteiger partial charge in [-0.15, -0.1) is 0 Å². The fraction of sp³-hybridized carbons (Fsp3) is 0.467. The summed E-state index contributed by atoms with van der Waals surface area (Å²) < 4.78 is 5.73. The maximum absolute atomic E-state index is 5.73. The average molecular weight is 231 g/mol. The molecule has 0 aromatic heterocycles. The fourth-order valence-corrected chi connectivity index (χ4v) is 2.35. The van der Waals surface area contributed by atoms with Crippen LogP contribution in [0.1, 0.15) is 24.8 Å². The second-order valence-electron chi connectivity index (χ2n) is 4.65. The van der Waals surface area contributed by atoms with Crippen molar-refractivity contribution < 1.29 is 4.74 Å². The molecule has 0 atom stereocenters. The molecule has 0 saturated carbocycles. The van der Waals surface area contributed by atoms with E-state index in [4.69, 9.17) is 4.74 Å². The predicted octanol–water partition coefficient (Wildman–Crippen LogP) is 2.86. The molecule has 0 radical (unpaired) electrons. The minimum atomic E-state index is 0.0521. The first-order valence-electron chi connectivity index (χ1n) is 6.32. The highest BCUT2D eigenvalue weighted by molar-refractivity contribution is 5.48. The van der Waals surface area contributed by atoms with Crippen molar-refractivity contribution >= 4 is 6.08 Å². The van der Waals surface area contributed by atoms with Gasteiger partial charge in [0.05, 0.1) is 5.60 Å². The van der Waals surface area contributed by atoms with Crippen LogP contribution in [0.5, 0.6) is 0 Å². The van der Waals surface area contributed by atoms with Crippen molar-refractivity contribution in [3.8, 4) is 0 Å². The van der Waals surface area contributed by atoms with Gasteiger partial charge in [0.15, 0.2) is 0 Å². The first-order valence-corrected chi connectivity index (χ1v) is 6.32. The van der Waals surface area contributed by atoms with Gasteiger partial charge in [0.25, 0.3) is 0 Å². The molecule has 1 fully saturated rings. The maximum Gasteiger partial charge on any atom is 0.0737 e. The fourth-order valence-electron chi connectivity index (χ4n) is 2.35. The van der Waals surface area contributed by atoms with E-state index in [1.165, 1.54) is 5.56 Å². The van der Waals surface area contributed by atoms with Crippen molar-refractivity contribution in [3.05, 3.63) is 42.0 Å². The second kappa shape index (κ2) is 5.99. The van der Waals surface area contributed by atoms with Crippen LogP contribution in [0, 0.1) is 0 Å². The van der Waals surface area contributed by atoms with E-state index in [1.54, 1.807) is 0 Å². The van der Waals surface area contributed by atoms with Crippen LogP contribution in [-0.2, 0) is 4.74 Å². The van der Waals surface area contributed by atoms with E-state index in [1.807, 2.05) is 13.2 Å². The largest absolute Gasteiger partial charge is 0.378 e. The molecule has 2 heteroatoms. The molecule has 92 valence electrons. The third kappa shape index (κ3) is 3.42. The monoisotopic (exact) mass is 231 g/mol. The van der Waals surface area contributed by atoms with Gasteiger partial charge in [-0.05, 0) is 37.9 Å². The highest BCUT2D eigenvalue weighted by atomic mass is 16.5. The summed E-state index contributed by atoms with van der Waals surface area (Å²) in [6, 6.07) is 10.4. The lowest BCUT2D eigenvalue weighted by Crippen LogP contribution is -2.42. The van der Waals surface area contributed by atoms with Gasteiger partial charge >= 0.3 is 0 Å². The molecule has 1 N–H and O–H groups in total. The van der Waals surface area contributed by atoms with Crippen molar-refractivity contribution in [3.63, 3.8) is 0 Å². The zero-order valence-electron chi connectivity index (χ0n) is 10.5. The zero-order valence-corrected chi connectivity index (χ0v) is 10.5. The smallest absolute Gasteiger partial charge is 0.0737 e. The van der Waals surface area contributed by atoms with Crippen LogP contribution in [0.4, 0.5) is 0 Å². The van der Waals surface area contributed by atoms with E-state index in [0.717, 1.165) is 32.4 Å². The van der Waals surface area contributed by atoms with Crippen molar-refractivity contribution in [2.24, 2.45) is 0 Å². The van der Waals surface area contributed by atoms with Gasteiger partial charge in [0.2, 0.25) is 0 Å². The van der Waals surface area contributed by atoms with Gasteiger partial charge in [-0.1, -0.05) is 42.5 Å². The molecule has 2 nitrogen and oxygen atoms in total. The van der Waals surface area contributed by atoms with Gasteiger partial charge < -0.3 is 10.1 Å². The Kier molecular flexibility index (Phi) is 4.35. The van der Waals surface area contributed by atoms with Gasteiger partial charge in [-0.2, -0.15) is 0 Å². The summed E-state index contributed by atoms with van der Waals surface area (Å²) in [6.45, 7) is 2.13. The Labute approximate surface area is 104 Å². The number of nitrogens with one attached hydrogen (secondary N) is 1. The molecule has 0 amide bonds. The predicted molar refractivity (Wildman–Crippen MR) is 71.9 cm³/mol. The van der Waals surface area contributed by atoms with Gasteiger partial charge in [0.1, 0.15) is 0 Å². The van der Waals surface area contributed by atoms with E-state index >= 15 is 0 Å². The lowest BCUT2D eigenvalue weighted by Gasteiger charge is -2.35. The summed E-state index contributed by atoms with van der Waals surface area (Å²) in [5.41, 5.74) is 1.31. The molecule has 17 heavy (non-hydrogen) atoms. The number of piperidine rings is 1. The highest BCUT2D eigenvalue weighted by Crippen LogP contribution is 2.27. The SMILES string of the molecule is COC1(C/C=C/c2ccccc2)CCNCC1. The Balaban J connectivity index is 1.93. The number of benzene rings is 1. The molecule has 0 spiro atoms. The number of hydrogen-bond acceptors (Lipinski definition) is 2. The Bertz CT molecular complexity index is 352. The number of rotatable bonds is 4. The summed E-state index contributed by atoms with van der Waals surface area (Å²) in [6.07, 6.45) is 7.62. The van der Waals surface area contributed by atoms with E-state index in [0.29, 0.717) is 0 Å². The van der Waals surface area contributed by atoms with Crippen LogP contribution >= 0.6 is 0 Å². The summed E-state index contributed by atoms with van der Waals surface area (Å²) in [7, 11) is 1.83. The quantitative estimate of drug-likeness (QED) is 0.860. The summed E-state index contributed by atoms with van der Waals surface area (Å²) in [4.78, 5) is 0. The molecule has 1 heterocycles. The summed E-state index contributed by atoms with van der Waals surface area (Å²) in [5, 5.41) is 3.38. The molecule has 0 bridgehead atoms. The Morgan fingerprint density at radius 3 is 2.59 bits per heavy atom. The van der Waals surface area contributed by atoms with Crippen LogP contribution in [0.25, 0.3) is 6.08 Å². The molecule has 1 aliphatic heterocycles. The van der Waals surface area contributed by atoms with E-state index < -0.39 is 0 Å². The van der Waals surface area contributed by atoms with Crippen molar-refractivity contribution in [1.82, 2.24) is 5.32 Å². The number of ether oxygens (including phenoxy) is 1. The normalized spacial score (nSPS) is 19.6. The minimum absolute atomic E-state index is 0.0521. The summed E-state index contributed by atoms with van der Waals surface area (Å²) in [5.74, 6) is 0. The zero-order chi connectivity index (χ0) is 12.0. The van der Waals surface area contributed by atoms with Crippen LogP contribution in [0.2, 0.25) is 0 Å². The van der Waals surface area contributed by atoms with Crippen LogP contribution in [-0.4, -0.2) is 25.8 Å². The van der Waals surface area contributed by atoms with E-state index in [2.05, 4.69) is 41.7 Å². The Morgan fingerprint density at radius 1 is 1.24 bits per heavy atom. The first-order chi connectivity index (χ1) is 8.35. The molecule has 1 aromatic carbocycles. The molecular formula is C15H21NO. The van der Waals surface area contributed by atoms with Gasteiger partial charge in [0, 0.05) is 7.11 Å². The lowest BCUT2D eigenvalue weighted by molar-refractivity contribution is -0.0311. The third-order valence-corrected chi connectivity index (χ3v) is 3.55. The van der Waals surface area contributed by atoms with Crippen LogP contribution < -0.4 is 5.32 Å². The van der Waals surface area contributed by atoms with Crippen molar-refractivity contribution in [1.29, 1.82) is 0 Å². The standard InChI is InChI=1S/C15H21NO/c1-17-15(10-12-16-13-11-15)9-5-8-14-6-3-2-4-7-14/h2-8,16H,9-13H2,1H3/b8-5+. The summed E-state index contributed by atoms with van der Waals surface area (Å²) >= 11 is 0. The average Bonchev–Trinajstić information content (AvgIpc) is 2.41. The maximum atomic E-state index is 5.73. The molecule has 0 aliphatic carbocycles. The van der Waals surface area contributed by atoms with Crippen molar-refractivity contribution in [2.45, 2.75) is 24.9 Å². The first kappa shape index (κ1) is 12.3. The molecule has 2 rings (SSSR count). The number of hydrogen-bond donors (Lipinski definition) is 1. The lowest BCUT2D eigenvalue weighted by atomic mass is 9.88. The molecule has 0 unspecified atom stereocenters. The molecule has 1 aromatic rings. The van der Waals surface area contributed by atoms with Crippen LogP contribution in [0.3, 0.4) is 0 Å². The number of methoxy groups -OCH3 is 1. The molecule has 1 aliphatic rings. The Morgan fingerprint density at radius 2 is 1.94 bits per heavy atom. The highest BCUT2D eigenvalue weighted by Gasteiger charge is 2.30. The van der Waals surface area contributed by atoms with Gasteiger partial charge in [-0.25, -0.2) is 0 Å². The van der Waals surface area contributed by atoms with E-state index in [-0.39, 0.29) is 5.60 Å². The van der Waals surface area contributed by atoms with E-state index in [9.17, 15) is 0 Å². The van der Waals surface area contributed by atoms with Crippen LogP contribution in [0.15, 0.2) is 36.4 Å². The topological polar surface area (TPSA) is 21.3 Å².